The van der Waals surface area contributed by atoms with E-state index < -0.39 is 33.3 Å². The highest BCUT2D eigenvalue weighted by Crippen LogP contribution is 2.28. The number of hydrogen-bond acceptors (Lipinski definition) is 5. The van der Waals surface area contributed by atoms with Crippen LogP contribution in [0.5, 0.6) is 0 Å². The molecule has 1 unspecified atom stereocenters. The summed E-state index contributed by atoms with van der Waals surface area (Å²) in [6.07, 6.45) is 1.67. The summed E-state index contributed by atoms with van der Waals surface area (Å²) in [7, 11) is -3.64. The first kappa shape index (κ1) is 23.8. The summed E-state index contributed by atoms with van der Waals surface area (Å²) >= 11 is 0. The number of nitrogens with one attached hydrogen (secondary N) is 1. The van der Waals surface area contributed by atoms with Gasteiger partial charge < -0.3 is 5.32 Å². The minimum Gasteiger partial charge on any atom is -0.324 e. The van der Waals surface area contributed by atoms with Crippen molar-refractivity contribution in [3.63, 3.8) is 0 Å². The number of amides is 1. The van der Waals surface area contributed by atoms with Crippen molar-refractivity contribution in [1.29, 1.82) is 0 Å². The van der Waals surface area contributed by atoms with Gasteiger partial charge in [0.2, 0.25) is 15.9 Å². The van der Waals surface area contributed by atoms with Crippen molar-refractivity contribution in [2.45, 2.75) is 37.6 Å². The van der Waals surface area contributed by atoms with Crippen LogP contribution in [-0.4, -0.2) is 41.5 Å². The second kappa shape index (κ2) is 9.47. The Labute approximate surface area is 197 Å². The van der Waals surface area contributed by atoms with Crippen LogP contribution >= 0.6 is 0 Å². The molecule has 4 rings (SSSR count). The molecule has 0 aliphatic carbocycles. The van der Waals surface area contributed by atoms with Gasteiger partial charge in [-0.2, -0.15) is 9.40 Å². The first-order valence-corrected chi connectivity index (χ1v) is 12.4. The number of aromatic nitrogens is 2. The highest BCUT2D eigenvalue weighted by Gasteiger charge is 2.29. The summed E-state index contributed by atoms with van der Waals surface area (Å²) in [5.74, 6) is -0.930. The fourth-order valence-corrected chi connectivity index (χ4v) is 5.62. The molecule has 10 heteroatoms. The molecular weight excluding hydrogens is 459 g/mol. The number of aryl methyl sites for hydroxylation is 1. The van der Waals surface area contributed by atoms with E-state index in [9.17, 15) is 22.4 Å². The number of carbonyl (C=O) groups is 1. The third-order valence-electron chi connectivity index (χ3n) is 5.85. The predicted molar refractivity (Wildman–Crippen MR) is 126 cm³/mol. The molecule has 1 N–H and O–H groups in total. The van der Waals surface area contributed by atoms with Crippen LogP contribution in [0.2, 0.25) is 0 Å². The van der Waals surface area contributed by atoms with Gasteiger partial charge in [-0.05, 0) is 68.7 Å². The molecular formula is C24H25FN4O4S. The van der Waals surface area contributed by atoms with Gasteiger partial charge in [-0.1, -0.05) is 12.1 Å². The van der Waals surface area contributed by atoms with E-state index in [1.807, 2.05) is 0 Å². The molecule has 34 heavy (non-hydrogen) atoms. The first-order chi connectivity index (χ1) is 16.2. The standard InChI is InChI=1S/C24H25FN4O4S/c1-16-5-6-18(15-22(16)34(32,33)28-13-3-4-14-28)21-11-12-23(30)29(27-21)17(2)24(31)26-20-9-7-19(25)8-10-20/h5-12,15,17H,3-4,13-14H2,1-2H3,(H,26,31). The molecule has 1 aliphatic heterocycles. The molecule has 2 heterocycles. The summed E-state index contributed by atoms with van der Waals surface area (Å²) in [4.78, 5) is 25.4. The number of anilines is 1. The molecule has 0 bridgehead atoms. The molecule has 1 aliphatic rings. The predicted octanol–water partition coefficient (Wildman–Crippen LogP) is 3.34. The van der Waals surface area contributed by atoms with Crippen LogP contribution in [0.3, 0.4) is 0 Å². The third kappa shape index (κ3) is 4.78. The Hall–Kier alpha value is -3.37. The second-order valence-corrected chi connectivity index (χ2v) is 10.2. The quantitative estimate of drug-likeness (QED) is 0.578. The highest BCUT2D eigenvalue weighted by molar-refractivity contribution is 7.89. The summed E-state index contributed by atoms with van der Waals surface area (Å²) in [6, 6.07) is 12.1. The van der Waals surface area contributed by atoms with E-state index in [1.165, 1.54) is 47.6 Å². The summed E-state index contributed by atoms with van der Waals surface area (Å²) < 4.78 is 41.9. The molecule has 8 nitrogen and oxygen atoms in total. The maximum Gasteiger partial charge on any atom is 0.267 e. The van der Waals surface area contributed by atoms with Crippen LogP contribution in [0.25, 0.3) is 11.3 Å². The van der Waals surface area contributed by atoms with Crippen molar-refractivity contribution in [2.24, 2.45) is 0 Å². The number of rotatable bonds is 6. The fourth-order valence-electron chi connectivity index (χ4n) is 3.85. The van der Waals surface area contributed by atoms with E-state index in [4.69, 9.17) is 0 Å². The van der Waals surface area contributed by atoms with Gasteiger partial charge in [0.25, 0.3) is 5.56 Å². The van der Waals surface area contributed by atoms with Crippen molar-refractivity contribution in [3.05, 3.63) is 76.3 Å². The largest absolute Gasteiger partial charge is 0.324 e. The van der Waals surface area contributed by atoms with E-state index in [0.29, 0.717) is 35.6 Å². The maximum absolute atomic E-state index is 13.1. The van der Waals surface area contributed by atoms with Gasteiger partial charge >= 0.3 is 0 Å². The van der Waals surface area contributed by atoms with Gasteiger partial charge in [-0.15, -0.1) is 0 Å². The van der Waals surface area contributed by atoms with E-state index in [2.05, 4.69) is 10.4 Å². The maximum atomic E-state index is 13.1. The van der Waals surface area contributed by atoms with Crippen molar-refractivity contribution < 1.29 is 17.6 Å². The Bertz CT molecular complexity index is 1380. The lowest BCUT2D eigenvalue weighted by Crippen LogP contribution is -2.33. The zero-order valence-corrected chi connectivity index (χ0v) is 19.7. The van der Waals surface area contributed by atoms with E-state index in [0.717, 1.165) is 17.5 Å². The molecule has 178 valence electrons. The fraction of sp³-hybridized carbons (Fsp3) is 0.292. The molecule has 0 spiro atoms. The number of carbonyl (C=O) groups excluding carboxylic acids is 1. The van der Waals surface area contributed by atoms with Crippen molar-refractivity contribution in [2.75, 3.05) is 18.4 Å². The van der Waals surface area contributed by atoms with Crippen molar-refractivity contribution in [1.82, 2.24) is 14.1 Å². The van der Waals surface area contributed by atoms with Gasteiger partial charge in [0, 0.05) is 30.4 Å². The average Bonchev–Trinajstić information content (AvgIpc) is 3.37. The molecule has 0 saturated carbocycles. The second-order valence-electron chi connectivity index (χ2n) is 8.26. The SMILES string of the molecule is Cc1ccc(-c2ccc(=O)n(C(C)C(=O)Nc3ccc(F)cc3)n2)cc1S(=O)(=O)N1CCCC1. The number of sulfonamides is 1. The van der Waals surface area contributed by atoms with E-state index in [1.54, 1.807) is 25.1 Å². The number of hydrogen-bond donors (Lipinski definition) is 1. The first-order valence-electron chi connectivity index (χ1n) is 10.9. The van der Waals surface area contributed by atoms with E-state index in [-0.39, 0.29) is 4.90 Å². The number of benzene rings is 2. The van der Waals surface area contributed by atoms with Crippen molar-refractivity contribution in [3.8, 4) is 11.3 Å². The Balaban J connectivity index is 1.65. The lowest BCUT2D eigenvalue weighted by Gasteiger charge is -2.18. The van der Waals surface area contributed by atoms with Crippen LogP contribution in [0.1, 0.15) is 31.4 Å². The Kier molecular flexibility index (Phi) is 6.63. The topological polar surface area (TPSA) is 101 Å². The molecule has 1 aromatic heterocycles. The van der Waals surface area contributed by atoms with Crippen LogP contribution in [0.4, 0.5) is 10.1 Å². The molecule has 1 saturated heterocycles. The zero-order chi connectivity index (χ0) is 24.5. The van der Waals surface area contributed by atoms with Crippen LogP contribution in [-0.2, 0) is 14.8 Å². The molecule has 1 atom stereocenters. The van der Waals surface area contributed by atoms with Gasteiger partial charge in [-0.3, -0.25) is 9.59 Å². The minimum atomic E-state index is -3.64. The lowest BCUT2D eigenvalue weighted by atomic mass is 10.1. The lowest BCUT2D eigenvalue weighted by molar-refractivity contribution is -0.119. The molecule has 0 radical (unpaired) electrons. The summed E-state index contributed by atoms with van der Waals surface area (Å²) in [5, 5.41) is 6.98. The molecule has 3 aromatic rings. The highest BCUT2D eigenvalue weighted by atomic mass is 32.2. The van der Waals surface area contributed by atoms with Gasteiger partial charge in [0.15, 0.2) is 0 Å². The summed E-state index contributed by atoms with van der Waals surface area (Å²) in [5.41, 5.74) is 1.40. The number of halogens is 1. The third-order valence-corrected chi connectivity index (χ3v) is 7.89. The average molecular weight is 485 g/mol. The monoisotopic (exact) mass is 484 g/mol. The van der Waals surface area contributed by atoms with E-state index >= 15 is 0 Å². The van der Waals surface area contributed by atoms with Crippen molar-refractivity contribution >= 4 is 21.6 Å². The van der Waals surface area contributed by atoms with Gasteiger partial charge in [0.05, 0.1) is 10.6 Å². The van der Waals surface area contributed by atoms with Gasteiger partial charge in [0.1, 0.15) is 11.9 Å². The zero-order valence-electron chi connectivity index (χ0n) is 18.9. The van der Waals surface area contributed by atoms with Crippen LogP contribution < -0.4 is 10.9 Å². The molecule has 2 aromatic carbocycles. The normalized spacial score (nSPS) is 15.3. The minimum absolute atomic E-state index is 0.202. The van der Waals surface area contributed by atoms with Gasteiger partial charge in [-0.25, -0.2) is 17.5 Å². The Morgan fingerprint density at radius 3 is 2.41 bits per heavy atom. The van der Waals surface area contributed by atoms with Crippen LogP contribution in [0.15, 0.2) is 64.3 Å². The number of nitrogens with zero attached hydrogens (tertiary/aromatic N) is 3. The van der Waals surface area contributed by atoms with Crippen LogP contribution in [0, 0.1) is 12.7 Å². The smallest absolute Gasteiger partial charge is 0.267 e. The Morgan fingerprint density at radius 2 is 1.74 bits per heavy atom. The molecule has 1 amide bonds. The Morgan fingerprint density at radius 1 is 1.06 bits per heavy atom. The molecule has 1 fully saturated rings. The summed E-state index contributed by atoms with van der Waals surface area (Å²) in [6.45, 7) is 4.25.